The van der Waals surface area contributed by atoms with Crippen LogP contribution in [0.2, 0.25) is 5.02 Å². The van der Waals surface area contributed by atoms with Crippen LogP contribution in [0.5, 0.6) is 0 Å². The molecule has 29 heavy (non-hydrogen) atoms. The maximum absolute atomic E-state index is 12.9. The van der Waals surface area contributed by atoms with Crippen molar-refractivity contribution < 1.29 is 9.90 Å². The van der Waals surface area contributed by atoms with E-state index >= 15 is 0 Å². The van der Waals surface area contributed by atoms with Crippen molar-refractivity contribution in [2.24, 2.45) is 5.92 Å². The van der Waals surface area contributed by atoms with E-state index in [9.17, 15) is 9.90 Å². The Morgan fingerprint density at radius 3 is 2.72 bits per heavy atom. The number of aliphatic hydroxyl groups is 1. The molecule has 0 saturated carbocycles. The topological polar surface area (TPSA) is 94.1 Å². The SMILES string of the molecule is O=C(NC(CCO)c1ccc(Cl)cc1)C1CCN(c2ncnc3[nH]ccc23)CC1. The van der Waals surface area contributed by atoms with Gasteiger partial charge in [-0.1, -0.05) is 23.7 Å². The van der Waals surface area contributed by atoms with Crippen LogP contribution in [0, 0.1) is 5.92 Å². The summed E-state index contributed by atoms with van der Waals surface area (Å²) < 4.78 is 0. The summed E-state index contributed by atoms with van der Waals surface area (Å²) in [6.07, 6.45) is 5.42. The molecule has 1 unspecified atom stereocenters. The van der Waals surface area contributed by atoms with Gasteiger partial charge in [0.05, 0.1) is 11.4 Å². The molecular weight excluding hydrogens is 390 g/mol. The van der Waals surface area contributed by atoms with Crippen LogP contribution in [-0.2, 0) is 4.79 Å². The van der Waals surface area contributed by atoms with Gasteiger partial charge in [0.1, 0.15) is 17.8 Å². The second kappa shape index (κ2) is 8.80. The summed E-state index contributed by atoms with van der Waals surface area (Å²) in [7, 11) is 0. The number of carbonyl (C=O) groups is 1. The molecule has 8 heteroatoms. The Hall–Kier alpha value is -2.64. The van der Waals surface area contributed by atoms with E-state index in [2.05, 4.69) is 25.2 Å². The summed E-state index contributed by atoms with van der Waals surface area (Å²) in [5.74, 6) is 0.894. The van der Waals surface area contributed by atoms with Gasteiger partial charge in [-0.25, -0.2) is 9.97 Å². The van der Waals surface area contributed by atoms with Crippen LogP contribution < -0.4 is 10.2 Å². The molecule has 0 aliphatic carbocycles. The molecule has 0 radical (unpaired) electrons. The molecule has 3 aromatic rings. The average molecular weight is 414 g/mol. The number of hydrogen-bond acceptors (Lipinski definition) is 5. The second-order valence-electron chi connectivity index (χ2n) is 7.32. The molecule has 2 aromatic heterocycles. The number of carbonyl (C=O) groups excluding carboxylic acids is 1. The quantitative estimate of drug-likeness (QED) is 0.577. The summed E-state index contributed by atoms with van der Waals surface area (Å²) in [4.78, 5) is 26.9. The number of aromatic nitrogens is 3. The van der Waals surface area contributed by atoms with Gasteiger partial charge in [-0.05, 0) is 43.0 Å². The predicted octanol–water partition coefficient (Wildman–Crippen LogP) is 3.07. The minimum Gasteiger partial charge on any atom is -0.396 e. The number of hydrogen-bond donors (Lipinski definition) is 3. The fraction of sp³-hybridized carbons (Fsp3) is 0.381. The van der Waals surface area contributed by atoms with Crippen LogP contribution in [0.15, 0.2) is 42.9 Å². The maximum atomic E-state index is 12.9. The zero-order chi connectivity index (χ0) is 20.2. The number of fused-ring (bicyclic) bond motifs is 1. The molecule has 1 amide bonds. The van der Waals surface area contributed by atoms with Crippen LogP contribution in [-0.4, -0.2) is 45.7 Å². The van der Waals surface area contributed by atoms with Crippen LogP contribution in [0.25, 0.3) is 11.0 Å². The van der Waals surface area contributed by atoms with E-state index in [1.807, 2.05) is 24.4 Å². The average Bonchev–Trinajstić information content (AvgIpc) is 3.23. The van der Waals surface area contributed by atoms with E-state index in [-0.39, 0.29) is 24.5 Å². The molecule has 0 bridgehead atoms. The molecule has 3 heterocycles. The van der Waals surface area contributed by atoms with Crippen molar-refractivity contribution in [2.75, 3.05) is 24.6 Å². The number of benzene rings is 1. The second-order valence-corrected chi connectivity index (χ2v) is 7.76. The largest absolute Gasteiger partial charge is 0.396 e. The number of anilines is 1. The molecule has 3 N–H and O–H groups in total. The molecule has 1 saturated heterocycles. The summed E-state index contributed by atoms with van der Waals surface area (Å²) >= 11 is 5.96. The third-order valence-corrected chi connectivity index (χ3v) is 5.76. The van der Waals surface area contributed by atoms with Crippen LogP contribution in [0.4, 0.5) is 5.82 Å². The first-order valence-electron chi connectivity index (χ1n) is 9.85. The maximum Gasteiger partial charge on any atom is 0.223 e. The normalized spacial score (nSPS) is 16.1. The number of nitrogens with zero attached hydrogens (tertiary/aromatic N) is 3. The lowest BCUT2D eigenvalue weighted by molar-refractivity contribution is -0.126. The van der Waals surface area contributed by atoms with Gasteiger partial charge in [-0.15, -0.1) is 0 Å². The first kappa shape index (κ1) is 19.7. The standard InChI is InChI=1S/C21H24ClN5O2/c22-16-3-1-14(2-4-16)18(8-12-28)26-21(29)15-6-10-27(11-7-15)20-17-5-9-23-19(17)24-13-25-20/h1-5,9,13,15,18,28H,6-8,10-12H2,(H,26,29)(H,23,24,25). The number of aromatic amines is 1. The number of aliphatic hydroxyl groups excluding tert-OH is 1. The van der Waals surface area contributed by atoms with Gasteiger partial charge in [0.25, 0.3) is 0 Å². The van der Waals surface area contributed by atoms with E-state index < -0.39 is 0 Å². The van der Waals surface area contributed by atoms with E-state index in [4.69, 9.17) is 11.6 Å². The Kier molecular flexibility index (Phi) is 5.97. The number of halogens is 1. The Balaban J connectivity index is 1.39. The van der Waals surface area contributed by atoms with E-state index in [0.29, 0.717) is 11.4 Å². The molecule has 0 spiro atoms. The Morgan fingerprint density at radius 2 is 2.00 bits per heavy atom. The monoisotopic (exact) mass is 413 g/mol. The Morgan fingerprint density at radius 1 is 1.24 bits per heavy atom. The summed E-state index contributed by atoms with van der Waals surface area (Å²) in [5, 5.41) is 14.2. The number of nitrogens with one attached hydrogen (secondary N) is 2. The number of H-pyrrole nitrogens is 1. The lowest BCUT2D eigenvalue weighted by Gasteiger charge is -2.33. The van der Waals surface area contributed by atoms with E-state index in [1.165, 1.54) is 0 Å². The van der Waals surface area contributed by atoms with Crippen LogP contribution in [0.1, 0.15) is 30.9 Å². The molecule has 4 rings (SSSR count). The summed E-state index contributed by atoms with van der Waals surface area (Å²) in [5.41, 5.74) is 1.77. The van der Waals surface area contributed by atoms with Crippen LogP contribution in [0.3, 0.4) is 0 Å². The van der Waals surface area contributed by atoms with Crippen LogP contribution >= 0.6 is 11.6 Å². The van der Waals surface area contributed by atoms with Gasteiger partial charge in [-0.2, -0.15) is 0 Å². The number of rotatable bonds is 6. The highest BCUT2D eigenvalue weighted by atomic mass is 35.5. The minimum absolute atomic E-state index is 0.00634. The number of piperidine rings is 1. The minimum atomic E-state index is -0.218. The van der Waals surface area contributed by atoms with E-state index in [0.717, 1.165) is 48.3 Å². The van der Waals surface area contributed by atoms with Gasteiger partial charge < -0.3 is 20.3 Å². The third-order valence-electron chi connectivity index (χ3n) is 5.50. The molecule has 1 fully saturated rings. The highest BCUT2D eigenvalue weighted by molar-refractivity contribution is 6.30. The van der Waals surface area contributed by atoms with Crippen molar-refractivity contribution in [3.8, 4) is 0 Å². The Bertz CT molecular complexity index is 967. The fourth-order valence-electron chi connectivity index (χ4n) is 3.90. The highest BCUT2D eigenvalue weighted by Crippen LogP contribution is 2.28. The molecule has 7 nitrogen and oxygen atoms in total. The van der Waals surface area contributed by atoms with Gasteiger partial charge in [0.15, 0.2) is 0 Å². The van der Waals surface area contributed by atoms with Crippen molar-refractivity contribution in [1.29, 1.82) is 0 Å². The van der Waals surface area contributed by atoms with Crippen molar-refractivity contribution in [3.05, 3.63) is 53.4 Å². The van der Waals surface area contributed by atoms with Gasteiger partial charge >= 0.3 is 0 Å². The van der Waals surface area contributed by atoms with Gasteiger partial charge in [-0.3, -0.25) is 4.79 Å². The zero-order valence-corrected chi connectivity index (χ0v) is 16.8. The number of amides is 1. The van der Waals surface area contributed by atoms with Gasteiger partial charge in [0.2, 0.25) is 5.91 Å². The summed E-state index contributed by atoms with van der Waals surface area (Å²) in [6, 6.07) is 9.15. The van der Waals surface area contributed by atoms with Crippen molar-refractivity contribution >= 4 is 34.4 Å². The molecule has 1 aliphatic rings. The third kappa shape index (κ3) is 4.36. The molecule has 1 aliphatic heterocycles. The predicted molar refractivity (Wildman–Crippen MR) is 113 cm³/mol. The lowest BCUT2D eigenvalue weighted by atomic mass is 9.94. The van der Waals surface area contributed by atoms with Gasteiger partial charge in [0, 0.05) is 36.8 Å². The molecule has 152 valence electrons. The molecule has 1 atom stereocenters. The molecule has 1 aromatic carbocycles. The van der Waals surface area contributed by atoms with Crippen molar-refractivity contribution in [3.63, 3.8) is 0 Å². The first-order valence-corrected chi connectivity index (χ1v) is 10.2. The van der Waals surface area contributed by atoms with E-state index in [1.54, 1.807) is 18.5 Å². The van der Waals surface area contributed by atoms with Crippen molar-refractivity contribution in [2.45, 2.75) is 25.3 Å². The Labute approximate surface area is 174 Å². The fourth-order valence-corrected chi connectivity index (χ4v) is 4.03. The van der Waals surface area contributed by atoms with Crippen molar-refractivity contribution in [1.82, 2.24) is 20.3 Å². The smallest absolute Gasteiger partial charge is 0.223 e. The molecular formula is C21H24ClN5O2. The lowest BCUT2D eigenvalue weighted by Crippen LogP contribution is -2.42. The first-order chi connectivity index (χ1) is 14.2. The highest BCUT2D eigenvalue weighted by Gasteiger charge is 2.28. The zero-order valence-electron chi connectivity index (χ0n) is 16.0. The summed E-state index contributed by atoms with van der Waals surface area (Å²) in [6.45, 7) is 1.54.